The lowest BCUT2D eigenvalue weighted by Crippen LogP contribution is -2.06. The zero-order chi connectivity index (χ0) is 21.2. The van der Waals surface area contributed by atoms with Gasteiger partial charge < -0.3 is 9.52 Å². The van der Waals surface area contributed by atoms with Gasteiger partial charge in [-0.25, -0.2) is 0 Å². The zero-order valence-electron chi connectivity index (χ0n) is 16.4. The van der Waals surface area contributed by atoms with Gasteiger partial charge in [0.05, 0.1) is 5.56 Å². The Kier molecular flexibility index (Phi) is 6.01. The quantitative estimate of drug-likeness (QED) is 0.516. The first kappa shape index (κ1) is 21.0. The van der Waals surface area contributed by atoms with Gasteiger partial charge in [-0.3, -0.25) is 4.79 Å². The number of hydrogen-bond acceptors (Lipinski definition) is 2. The van der Waals surface area contributed by atoms with Crippen molar-refractivity contribution in [3.8, 4) is 0 Å². The third kappa shape index (κ3) is 5.00. The molecule has 0 atom stereocenters. The summed E-state index contributed by atoms with van der Waals surface area (Å²) < 4.78 is 45.4. The first-order chi connectivity index (χ1) is 13.7. The van der Waals surface area contributed by atoms with Crippen molar-refractivity contribution in [1.82, 2.24) is 0 Å². The van der Waals surface area contributed by atoms with Crippen molar-refractivity contribution in [2.45, 2.75) is 52.1 Å². The van der Waals surface area contributed by atoms with Crippen molar-refractivity contribution in [2.24, 2.45) is 0 Å². The van der Waals surface area contributed by atoms with Crippen LogP contribution in [0.2, 0.25) is 0 Å². The molecule has 0 aliphatic heterocycles. The molecule has 0 unspecified atom stereocenters. The summed E-state index contributed by atoms with van der Waals surface area (Å²) in [5.41, 5.74) is 3.46. The fourth-order valence-electron chi connectivity index (χ4n) is 3.63. The number of carbonyl (C=O) groups is 1. The Morgan fingerprint density at radius 2 is 1.76 bits per heavy atom. The fourth-order valence-corrected chi connectivity index (χ4v) is 3.63. The molecule has 29 heavy (non-hydrogen) atoms. The van der Waals surface area contributed by atoms with E-state index in [0.717, 1.165) is 29.2 Å². The third-order valence-corrected chi connectivity index (χ3v) is 5.09. The fraction of sp³-hybridized carbons (Fsp3) is 0.348. The van der Waals surface area contributed by atoms with E-state index in [0.29, 0.717) is 41.6 Å². The van der Waals surface area contributed by atoms with Crippen molar-refractivity contribution in [2.75, 3.05) is 0 Å². The minimum atomic E-state index is -4.41. The molecule has 0 saturated heterocycles. The molecule has 0 spiro atoms. The topological polar surface area (TPSA) is 50.4 Å². The minimum absolute atomic E-state index is 0.0758. The Morgan fingerprint density at radius 1 is 1.00 bits per heavy atom. The van der Waals surface area contributed by atoms with Crippen LogP contribution in [0.5, 0.6) is 0 Å². The van der Waals surface area contributed by atoms with Crippen molar-refractivity contribution >= 4 is 16.9 Å². The number of halogens is 3. The van der Waals surface area contributed by atoms with Crippen LogP contribution in [-0.4, -0.2) is 11.1 Å². The lowest BCUT2D eigenvalue weighted by Gasteiger charge is -2.12. The van der Waals surface area contributed by atoms with E-state index < -0.39 is 17.7 Å². The second kappa shape index (κ2) is 8.31. The number of carboxylic acid groups (broad SMARTS) is 1. The maximum Gasteiger partial charge on any atom is 0.416 e. The highest BCUT2D eigenvalue weighted by Crippen LogP contribution is 2.35. The highest BCUT2D eigenvalue weighted by atomic mass is 19.4. The highest BCUT2D eigenvalue weighted by Gasteiger charge is 2.31. The first-order valence-electron chi connectivity index (χ1n) is 9.60. The Morgan fingerprint density at radius 3 is 2.41 bits per heavy atom. The Labute approximate surface area is 167 Å². The number of alkyl halides is 3. The molecule has 0 aliphatic rings. The van der Waals surface area contributed by atoms with Gasteiger partial charge >= 0.3 is 12.1 Å². The number of aryl methyl sites for hydroxylation is 5. The van der Waals surface area contributed by atoms with E-state index in [9.17, 15) is 18.0 Å². The van der Waals surface area contributed by atoms with Crippen LogP contribution < -0.4 is 0 Å². The van der Waals surface area contributed by atoms with E-state index in [2.05, 4.69) is 0 Å². The molecule has 1 N–H and O–H groups in total. The molecular formula is C23H23F3O3. The van der Waals surface area contributed by atoms with Crippen LogP contribution >= 0.6 is 0 Å². The van der Waals surface area contributed by atoms with Crippen LogP contribution in [0.1, 0.15) is 46.9 Å². The number of aliphatic carboxylic acids is 1. The Hall–Kier alpha value is -2.76. The van der Waals surface area contributed by atoms with Crippen molar-refractivity contribution < 1.29 is 27.5 Å². The summed E-state index contributed by atoms with van der Waals surface area (Å²) in [6, 6.07) is 9.80. The van der Waals surface area contributed by atoms with Gasteiger partial charge in [-0.15, -0.1) is 0 Å². The Bertz CT molecular complexity index is 1030. The predicted molar refractivity (Wildman–Crippen MR) is 105 cm³/mol. The van der Waals surface area contributed by atoms with Crippen molar-refractivity contribution in [1.29, 1.82) is 0 Å². The van der Waals surface area contributed by atoms with E-state index in [1.165, 1.54) is 6.07 Å². The molecule has 0 bridgehead atoms. The van der Waals surface area contributed by atoms with Gasteiger partial charge in [0.2, 0.25) is 0 Å². The van der Waals surface area contributed by atoms with Crippen LogP contribution in [0.25, 0.3) is 11.0 Å². The van der Waals surface area contributed by atoms with E-state index in [1.807, 2.05) is 25.1 Å². The molecule has 0 fully saturated rings. The third-order valence-electron chi connectivity index (χ3n) is 5.09. The van der Waals surface area contributed by atoms with E-state index in [1.54, 1.807) is 13.0 Å². The summed E-state index contributed by atoms with van der Waals surface area (Å²) >= 11 is 0. The molecule has 2 aromatic carbocycles. The molecular weight excluding hydrogens is 381 g/mol. The monoisotopic (exact) mass is 404 g/mol. The second-order valence-corrected chi connectivity index (χ2v) is 7.26. The maximum absolute atomic E-state index is 13.3. The molecule has 0 aliphatic carbocycles. The molecule has 0 saturated carbocycles. The number of fused-ring (bicyclic) bond motifs is 1. The molecule has 0 radical (unpaired) electrons. The van der Waals surface area contributed by atoms with E-state index in [4.69, 9.17) is 9.52 Å². The van der Waals surface area contributed by atoms with Crippen LogP contribution in [-0.2, 0) is 36.7 Å². The van der Waals surface area contributed by atoms with E-state index in [-0.39, 0.29) is 6.42 Å². The van der Waals surface area contributed by atoms with Gasteiger partial charge in [-0.1, -0.05) is 25.1 Å². The SMILES string of the molecule is CCc1cc(CCc2cc(C(F)(F)F)cc3cc(C)oc23)ccc1CCC(=O)O. The summed E-state index contributed by atoms with van der Waals surface area (Å²) in [5, 5.41) is 9.35. The van der Waals surface area contributed by atoms with Gasteiger partial charge in [-0.2, -0.15) is 13.2 Å². The summed E-state index contributed by atoms with van der Waals surface area (Å²) in [6.45, 7) is 3.73. The van der Waals surface area contributed by atoms with Crippen molar-refractivity contribution in [3.05, 3.63) is 70.0 Å². The molecule has 1 heterocycles. The molecule has 3 rings (SSSR count). The predicted octanol–water partition coefficient (Wildman–Crippen LogP) is 6.12. The smallest absolute Gasteiger partial charge is 0.416 e. The molecule has 3 aromatic rings. The van der Waals surface area contributed by atoms with Crippen molar-refractivity contribution in [3.63, 3.8) is 0 Å². The summed E-state index contributed by atoms with van der Waals surface area (Å²) in [4.78, 5) is 10.8. The largest absolute Gasteiger partial charge is 0.481 e. The van der Waals surface area contributed by atoms with Gasteiger partial charge in [0.1, 0.15) is 11.3 Å². The summed E-state index contributed by atoms with van der Waals surface area (Å²) in [5.74, 6) is -0.255. The highest BCUT2D eigenvalue weighted by molar-refractivity contribution is 5.82. The Balaban J connectivity index is 1.85. The standard InChI is InChI=1S/C23H23F3O3/c1-3-16-11-15(4-6-17(16)8-9-21(27)28)5-7-18-12-20(23(24,25)26)13-19-10-14(2)29-22(18)19/h4,6,10-13H,3,5,7-9H2,1-2H3,(H,27,28). The number of hydrogen-bond donors (Lipinski definition) is 1. The summed E-state index contributed by atoms with van der Waals surface area (Å²) in [6.07, 6.45) is -2.10. The normalized spacial score (nSPS) is 11.9. The number of benzene rings is 2. The maximum atomic E-state index is 13.3. The van der Waals surface area contributed by atoms with Crippen LogP contribution in [0.3, 0.4) is 0 Å². The van der Waals surface area contributed by atoms with Gasteiger partial charge in [0, 0.05) is 11.8 Å². The van der Waals surface area contributed by atoms with Crippen LogP contribution in [0.15, 0.2) is 40.8 Å². The average molecular weight is 404 g/mol. The van der Waals surface area contributed by atoms with Crippen LogP contribution in [0, 0.1) is 6.92 Å². The lowest BCUT2D eigenvalue weighted by atomic mass is 9.95. The molecule has 1 aromatic heterocycles. The number of carboxylic acids is 1. The zero-order valence-corrected chi connectivity index (χ0v) is 16.4. The molecule has 6 heteroatoms. The molecule has 3 nitrogen and oxygen atoms in total. The second-order valence-electron chi connectivity index (χ2n) is 7.26. The summed E-state index contributed by atoms with van der Waals surface area (Å²) in [7, 11) is 0. The first-order valence-corrected chi connectivity index (χ1v) is 9.60. The molecule has 0 amide bonds. The number of furan rings is 1. The van der Waals surface area contributed by atoms with Gasteiger partial charge in [0.25, 0.3) is 0 Å². The lowest BCUT2D eigenvalue weighted by molar-refractivity contribution is -0.138. The van der Waals surface area contributed by atoms with Crippen LogP contribution in [0.4, 0.5) is 13.2 Å². The average Bonchev–Trinajstić information content (AvgIpc) is 3.04. The minimum Gasteiger partial charge on any atom is -0.481 e. The molecule has 154 valence electrons. The van der Waals surface area contributed by atoms with E-state index >= 15 is 0 Å². The van der Waals surface area contributed by atoms with Gasteiger partial charge in [0.15, 0.2) is 0 Å². The van der Waals surface area contributed by atoms with Gasteiger partial charge in [-0.05, 0) is 73.1 Å². The number of rotatable bonds is 7.